The van der Waals surface area contributed by atoms with Crippen LogP contribution in [0.5, 0.6) is 0 Å². The monoisotopic (exact) mass is 184 g/mol. The Kier molecular flexibility index (Phi) is 2.96. The average molecular weight is 184 g/mol. The Morgan fingerprint density at radius 2 is 2.23 bits per heavy atom. The van der Waals surface area contributed by atoms with E-state index in [0.717, 1.165) is 25.9 Å². The maximum Gasteiger partial charge on any atom is 0.221 e. The fourth-order valence-corrected chi connectivity index (χ4v) is 1.77. The van der Waals surface area contributed by atoms with Gasteiger partial charge in [0.25, 0.3) is 0 Å². The molecule has 0 radical (unpaired) electrons. The van der Waals surface area contributed by atoms with Crippen molar-refractivity contribution in [2.24, 2.45) is 11.7 Å². The Morgan fingerprint density at radius 3 is 2.62 bits per heavy atom. The van der Waals surface area contributed by atoms with E-state index in [0.29, 0.717) is 0 Å². The molecule has 1 aliphatic heterocycles. The number of nitrogens with two attached hydrogens (primary N) is 1. The number of primary amides is 1. The SMILES string of the molecule is CCC(C)(C)N1CCC(C(N)=O)C1. The number of rotatable bonds is 3. The van der Waals surface area contributed by atoms with Gasteiger partial charge in [0.15, 0.2) is 0 Å². The van der Waals surface area contributed by atoms with Crippen molar-refractivity contribution in [3.05, 3.63) is 0 Å². The summed E-state index contributed by atoms with van der Waals surface area (Å²) in [7, 11) is 0. The Balaban J connectivity index is 2.54. The molecular formula is C10H20N2O. The Morgan fingerprint density at radius 1 is 1.62 bits per heavy atom. The first-order chi connectivity index (χ1) is 5.97. The fraction of sp³-hybridized carbons (Fsp3) is 0.900. The van der Waals surface area contributed by atoms with E-state index in [2.05, 4.69) is 25.7 Å². The highest BCUT2D eigenvalue weighted by Crippen LogP contribution is 2.26. The van der Waals surface area contributed by atoms with Crippen LogP contribution in [0.15, 0.2) is 0 Å². The van der Waals surface area contributed by atoms with Crippen molar-refractivity contribution in [3.63, 3.8) is 0 Å². The van der Waals surface area contributed by atoms with E-state index in [1.165, 1.54) is 0 Å². The molecule has 0 bridgehead atoms. The van der Waals surface area contributed by atoms with Crippen LogP contribution < -0.4 is 5.73 Å². The predicted octanol–water partition coefficient (Wildman–Crippen LogP) is 0.982. The molecule has 1 rings (SSSR count). The normalized spacial score (nSPS) is 25.0. The van der Waals surface area contributed by atoms with Gasteiger partial charge in [0, 0.05) is 12.1 Å². The van der Waals surface area contributed by atoms with E-state index < -0.39 is 0 Å². The van der Waals surface area contributed by atoms with E-state index in [1.54, 1.807) is 0 Å². The summed E-state index contributed by atoms with van der Waals surface area (Å²) < 4.78 is 0. The molecule has 0 spiro atoms. The number of nitrogens with zero attached hydrogens (tertiary/aromatic N) is 1. The number of carbonyl (C=O) groups excluding carboxylic acids is 1. The van der Waals surface area contributed by atoms with Gasteiger partial charge in [-0.3, -0.25) is 9.69 Å². The molecule has 0 saturated carbocycles. The van der Waals surface area contributed by atoms with Crippen LogP contribution >= 0.6 is 0 Å². The largest absolute Gasteiger partial charge is 0.369 e. The molecule has 1 heterocycles. The van der Waals surface area contributed by atoms with E-state index in [-0.39, 0.29) is 17.4 Å². The van der Waals surface area contributed by atoms with E-state index in [9.17, 15) is 4.79 Å². The highest BCUT2D eigenvalue weighted by atomic mass is 16.1. The molecule has 1 aliphatic rings. The molecule has 0 aromatic carbocycles. The molecule has 3 heteroatoms. The Bertz CT molecular complexity index is 201. The van der Waals surface area contributed by atoms with Gasteiger partial charge in [-0.1, -0.05) is 6.92 Å². The lowest BCUT2D eigenvalue weighted by Gasteiger charge is -2.34. The third kappa shape index (κ3) is 2.21. The van der Waals surface area contributed by atoms with Crippen LogP contribution in [0.1, 0.15) is 33.6 Å². The maximum atomic E-state index is 11.0. The quantitative estimate of drug-likeness (QED) is 0.710. The van der Waals surface area contributed by atoms with Crippen LogP contribution in [0.3, 0.4) is 0 Å². The lowest BCUT2D eigenvalue weighted by molar-refractivity contribution is -0.121. The maximum absolute atomic E-state index is 11.0. The summed E-state index contributed by atoms with van der Waals surface area (Å²) in [6.07, 6.45) is 2.04. The first-order valence-electron chi connectivity index (χ1n) is 5.01. The zero-order valence-corrected chi connectivity index (χ0v) is 8.84. The van der Waals surface area contributed by atoms with Crippen molar-refractivity contribution in [3.8, 4) is 0 Å². The summed E-state index contributed by atoms with van der Waals surface area (Å²) >= 11 is 0. The van der Waals surface area contributed by atoms with Crippen LogP contribution in [-0.4, -0.2) is 29.4 Å². The van der Waals surface area contributed by atoms with Crippen LogP contribution in [-0.2, 0) is 4.79 Å². The van der Waals surface area contributed by atoms with Crippen molar-refractivity contribution in [2.75, 3.05) is 13.1 Å². The smallest absolute Gasteiger partial charge is 0.221 e. The molecule has 1 atom stereocenters. The van der Waals surface area contributed by atoms with Crippen molar-refractivity contribution in [1.82, 2.24) is 4.90 Å². The summed E-state index contributed by atoms with van der Waals surface area (Å²) in [6.45, 7) is 8.47. The second-order valence-corrected chi connectivity index (χ2v) is 4.50. The zero-order chi connectivity index (χ0) is 10.1. The lowest BCUT2D eigenvalue weighted by atomic mass is 10.00. The summed E-state index contributed by atoms with van der Waals surface area (Å²) in [5.41, 5.74) is 5.49. The molecule has 1 saturated heterocycles. The molecule has 3 nitrogen and oxygen atoms in total. The Labute approximate surface area is 80.3 Å². The average Bonchev–Trinajstić information content (AvgIpc) is 2.52. The summed E-state index contributed by atoms with van der Waals surface area (Å²) in [6, 6.07) is 0. The molecule has 1 amide bonds. The second kappa shape index (κ2) is 3.66. The number of amides is 1. The molecule has 1 unspecified atom stereocenters. The third-order valence-electron chi connectivity index (χ3n) is 3.31. The van der Waals surface area contributed by atoms with E-state index in [1.807, 2.05) is 0 Å². The number of hydrogen-bond donors (Lipinski definition) is 1. The van der Waals surface area contributed by atoms with Crippen LogP contribution in [0, 0.1) is 5.92 Å². The molecule has 0 aliphatic carbocycles. The summed E-state index contributed by atoms with van der Waals surface area (Å²) in [5.74, 6) is -0.0692. The molecule has 1 fully saturated rings. The third-order valence-corrected chi connectivity index (χ3v) is 3.31. The minimum Gasteiger partial charge on any atom is -0.369 e. The lowest BCUT2D eigenvalue weighted by Crippen LogP contribution is -2.42. The summed E-state index contributed by atoms with van der Waals surface area (Å²) in [5, 5.41) is 0. The van der Waals surface area contributed by atoms with Gasteiger partial charge in [-0.15, -0.1) is 0 Å². The topological polar surface area (TPSA) is 46.3 Å². The van der Waals surface area contributed by atoms with Gasteiger partial charge in [0.1, 0.15) is 0 Å². The van der Waals surface area contributed by atoms with Gasteiger partial charge < -0.3 is 5.73 Å². The molecule has 2 N–H and O–H groups in total. The van der Waals surface area contributed by atoms with Gasteiger partial charge in [-0.2, -0.15) is 0 Å². The number of likely N-dealkylation sites (tertiary alicyclic amines) is 1. The Hall–Kier alpha value is -0.570. The van der Waals surface area contributed by atoms with Gasteiger partial charge in [0.05, 0.1) is 5.92 Å². The molecule has 13 heavy (non-hydrogen) atoms. The van der Waals surface area contributed by atoms with Crippen LogP contribution in [0.25, 0.3) is 0 Å². The van der Waals surface area contributed by atoms with E-state index in [4.69, 9.17) is 5.73 Å². The van der Waals surface area contributed by atoms with Crippen molar-refractivity contribution >= 4 is 5.91 Å². The van der Waals surface area contributed by atoms with Gasteiger partial charge in [0.2, 0.25) is 5.91 Å². The van der Waals surface area contributed by atoms with Crippen molar-refractivity contribution in [1.29, 1.82) is 0 Å². The van der Waals surface area contributed by atoms with Crippen LogP contribution in [0.4, 0.5) is 0 Å². The van der Waals surface area contributed by atoms with Gasteiger partial charge in [-0.05, 0) is 33.2 Å². The van der Waals surface area contributed by atoms with E-state index >= 15 is 0 Å². The van der Waals surface area contributed by atoms with Gasteiger partial charge >= 0.3 is 0 Å². The molecule has 0 aromatic rings. The van der Waals surface area contributed by atoms with Crippen molar-refractivity contribution < 1.29 is 4.79 Å². The fourth-order valence-electron chi connectivity index (χ4n) is 1.77. The first kappa shape index (κ1) is 10.5. The highest BCUT2D eigenvalue weighted by Gasteiger charge is 2.34. The molecular weight excluding hydrogens is 164 g/mol. The molecule has 76 valence electrons. The number of carbonyl (C=O) groups is 1. The van der Waals surface area contributed by atoms with Crippen LogP contribution in [0.2, 0.25) is 0 Å². The second-order valence-electron chi connectivity index (χ2n) is 4.50. The number of hydrogen-bond acceptors (Lipinski definition) is 2. The van der Waals surface area contributed by atoms with Crippen molar-refractivity contribution in [2.45, 2.75) is 39.2 Å². The minimum atomic E-state index is -0.144. The predicted molar refractivity (Wildman–Crippen MR) is 53.2 cm³/mol. The standard InChI is InChI=1S/C10H20N2O/c1-4-10(2,3)12-6-5-8(7-12)9(11)13/h8H,4-7H2,1-3H3,(H2,11,13). The highest BCUT2D eigenvalue weighted by molar-refractivity contribution is 5.77. The first-order valence-corrected chi connectivity index (χ1v) is 5.01. The zero-order valence-electron chi connectivity index (χ0n) is 8.84. The molecule has 0 aromatic heterocycles. The van der Waals surface area contributed by atoms with Gasteiger partial charge in [-0.25, -0.2) is 0 Å². The summed E-state index contributed by atoms with van der Waals surface area (Å²) in [4.78, 5) is 13.3. The minimum absolute atomic E-state index is 0.0748.